The molecule has 3 N–H and O–H groups in total. The predicted molar refractivity (Wildman–Crippen MR) is 68.1 cm³/mol. The van der Waals surface area contributed by atoms with Gasteiger partial charge in [-0.15, -0.1) is 0 Å². The second-order valence-corrected chi connectivity index (χ2v) is 4.66. The van der Waals surface area contributed by atoms with Gasteiger partial charge in [-0.25, -0.2) is 0 Å². The number of pyridine rings is 1. The van der Waals surface area contributed by atoms with Crippen LogP contribution in [0.2, 0.25) is 5.02 Å². The Hall–Kier alpha value is -1.33. The molecule has 94 valence electrons. The topological polar surface area (TPSA) is 77.1 Å². The Labute approximate surface area is 105 Å². The first-order valence-electron chi connectivity index (χ1n) is 5.25. The van der Waals surface area contributed by atoms with Crippen molar-refractivity contribution >= 4 is 23.2 Å². The second kappa shape index (κ2) is 5.33. The molecule has 0 fully saturated rings. The van der Waals surface area contributed by atoms with E-state index >= 15 is 0 Å². The van der Waals surface area contributed by atoms with E-state index in [0.717, 1.165) is 0 Å². The molecule has 0 spiro atoms. The molecule has 0 unspecified atom stereocenters. The SMILES string of the molecule is CC(C)[C@H](N)C(=O)Nc1cc(Cl)c(=O)n(C)c1. The summed E-state index contributed by atoms with van der Waals surface area (Å²) in [6.45, 7) is 3.72. The first-order chi connectivity index (χ1) is 7.82. The fourth-order valence-corrected chi connectivity index (χ4v) is 1.52. The standard InChI is InChI=1S/C11H16ClN3O2/c1-6(2)9(13)10(16)14-7-4-8(12)11(17)15(3)5-7/h4-6,9H,13H2,1-3H3,(H,14,16)/t9-/m0/s1. The Morgan fingerprint density at radius 2 is 2.12 bits per heavy atom. The van der Waals surface area contributed by atoms with Crippen molar-refractivity contribution in [3.63, 3.8) is 0 Å². The quantitative estimate of drug-likeness (QED) is 0.847. The van der Waals surface area contributed by atoms with E-state index in [4.69, 9.17) is 17.3 Å². The molecule has 0 aliphatic carbocycles. The summed E-state index contributed by atoms with van der Waals surface area (Å²) in [4.78, 5) is 23.0. The van der Waals surface area contributed by atoms with Crippen LogP contribution in [0, 0.1) is 5.92 Å². The van der Waals surface area contributed by atoms with Gasteiger partial charge in [-0.3, -0.25) is 9.59 Å². The molecule has 0 aromatic carbocycles. The minimum absolute atomic E-state index is 0.0398. The molecule has 17 heavy (non-hydrogen) atoms. The van der Waals surface area contributed by atoms with Gasteiger partial charge < -0.3 is 15.6 Å². The lowest BCUT2D eigenvalue weighted by Gasteiger charge is -2.15. The van der Waals surface area contributed by atoms with Gasteiger partial charge in [0.15, 0.2) is 0 Å². The highest BCUT2D eigenvalue weighted by Crippen LogP contribution is 2.11. The molecule has 1 heterocycles. The fourth-order valence-electron chi connectivity index (χ4n) is 1.27. The van der Waals surface area contributed by atoms with Crippen molar-refractivity contribution in [3.8, 4) is 0 Å². The maximum absolute atomic E-state index is 11.7. The number of halogens is 1. The van der Waals surface area contributed by atoms with Crippen LogP contribution in [0.4, 0.5) is 5.69 Å². The highest BCUT2D eigenvalue weighted by atomic mass is 35.5. The monoisotopic (exact) mass is 257 g/mol. The molecule has 0 radical (unpaired) electrons. The van der Waals surface area contributed by atoms with Crippen LogP contribution in [0.3, 0.4) is 0 Å². The van der Waals surface area contributed by atoms with Crippen molar-refractivity contribution in [3.05, 3.63) is 27.6 Å². The molecule has 5 nitrogen and oxygen atoms in total. The van der Waals surface area contributed by atoms with Gasteiger partial charge in [-0.2, -0.15) is 0 Å². The summed E-state index contributed by atoms with van der Waals surface area (Å²) >= 11 is 5.73. The molecule has 6 heteroatoms. The van der Waals surface area contributed by atoms with E-state index in [-0.39, 0.29) is 22.4 Å². The van der Waals surface area contributed by atoms with Crippen LogP contribution < -0.4 is 16.6 Å². The maximum atomic E-state index is 11.7. The Kier molecular flexibility index (Phi) is 4.31. The van der Waals surface area contributed by atoms with E-state index in [0.29, 0.717) is 5.69 Å². The molecule has 1 atom stereocenters. The van der Waals surface area contributed by atoms with Crippen LogP contribution in [0.5, 0.6) is 0 Å². The van der Waals surface area contributed by atoms with E-state index in [1.54, 1.807) is 7.05 Å². The molecular formula is C11H16ClN3O2. The van der Waals surface area contributed by atoms with Gasteiger partial charge in [0.2, 0.25) is 5.91 Å². The maximum Gasteiger partial charge on any atom is 0.269 e. The number of carbonyl (C=O) groups is 1. The molecule has 1 aromatic heterocycles. The summed E-state index contributed by atoms with van der Waals surface area (Å²) in [6, 6.07) is 0.820. The summed E-state index contributed by atoms with van der Waals surface area (Å²) in [5, 5.41) is 2.68. The first-order valence-corrected chi connectivity index (χ1v) is 5.63. The number of rotatable bonds is 3. The van der Waals surface area contributed by atoms with Gasteiger partial charge >= 0.3 is 0 Å². The van der Waals surface area contributed by atoms with Crippen LogP contribution in [-0.4, -0.2) is 16.5 Å². The molecule has 0 bridgehead atoms. The number of aromatic nitrogens is 1. The van der Waals surface area contributed by atoms with E-state index in [9.17, 15) is 9.59 Å². The Morgan fingerprint density at radius 1 is 1.53 bits per heavy atom. The van der Waals surface area contributed by atoms with Crippen molar-refractivity contribution < 1.29 is 4.79 Å². The van der Waals surface area contributed by atoms with Crippen molar-refractivity contribution in [1.82, 2.24) is 4.57 Å². The van der Waals surface area contributed by atoms with Gasteiger partial charge in [-0.1, -0.05) is 25.4 Å². The second-order valence-electron chi connectivity index (χ2n) is 4.25. The van der Waals surface area contributed by atoms with Crippen molar-refractivity contribution in [1.29, 1.82) is 0 Å². The Balaban J connectivity index is 2.90. The van der Waals surface area contributed by atoms with E-state index in [2.05, 4.69) is 5.32 Å². The van der Waals surface area contributed by atoms with E-state index in [1.165, 1.54) is 16.8 Å². The van der Waals surface area contributed by atoms with Crippen molar-refractivity contribution in [2.24, 2.45) is 18.7 Å². The third-order valence-electron chi connectivity index (χ3n) is 2.43. The molecule has 0 saturated carbocycles. The fraction of sp³-hybridized carbons (Fsp3) is 0.455. The molecule has 1 rings (SSSR count). The number of nitrogens with two attached hydrogens (primary N) is 1. The highest BCUT2D eigenvalue weighted by molar-refractivity contribution is 6.30. The van der Waals surface area contributed by atoms with Gasteiger partial charge in [0.1, 0.15) is 5.02 Å². The zero-order valence-electron chi connectivity index (χ0n) is 10.0. The van der Waals surface area contributed by atoms with Crippen LogP contribution in [0.1, 0.15) is 13.8 Å². The third kappa shape index (κ3) is 3.31. The summed E-state index contributed by atoms with van der Waals surface area (Å²) in [6.07, 6.45) is 1.50. The lowest BCUT2D eigenvalue weighted by atomic mass is 10.1. The summed E-state index contributed by atoms with van der Waals surface area (Å²) in [5.74, 6) is -0.257. The molecular weight excluding hydrogens is 242 g/mol. The number of nitrogens with one attached hydrogen (secondary N) is 1. The number of hydrogen-bond acceptors (Lipinski definition) is 3. The van der Waals surface area contributed by atoms with Crippen LogP contribution >= 0.6 is 11.6 Å². The molecule has 0 aliphatic rings. The number of amides is 1. The van der Waals surface area contributed by atoms with Crippen molar-refractivity contribution in [2.75, 3.05) is 5.32 Å². The van der Waals surface area contributed by atoms with E-state index in [1.807, 2.05) is 13.8 Å². The number of carbonyl (C=O) groups excluding carboxylic acids is 1. The first kappa shape index (κ1) is 13.7. The zero-order valence-corrected chi connectivity index (χ0v) is 10.8. The van der Waals surface area contributed by atoms with Crippen LogP contribution in [0.25, 0.3) is 0 Å². The number of anilines is 1. The van der Waals surface area contributed by atoms with E-state index < -0.39 is 6.04 Å². The average molecular weight is 258 g/mol. The number of hydrogen-bond donors (Lipinski definition) is 2. The summed E-state index contributed by atoms with van der Waals surface area (Å²) in [5.41, 5.74) is 5.85. The Morgan fingerprint density at radius 3 is 2.59 bits per heavy atom. The molecule has 0 aliphatic heterocycles. The van der Waals surface area contributed by atoms with Gasteiger partial charge in [0, 0.05) is 13.2 Å². The average Bonchev–Trinajstić information content (AvgIpc) is 2.24. The van der Waals surface area contributed by atoms with Gasteiger partial charge in [-0.05, 0) is 12.0 Å². The van der Waals surface area contributed by atoms with Gasteiger partial charge in [0.05, 0.1) is 11.7 Å². The minimum atomic E-state index is -0.592. The number of nitrogens with zero attached hydrogens (tertiary/aromatic N) is 1. The minimum Gasteiger partial charge on any atom is -0.323 e. The lowest BCUT2D eigenvalue weighted by molar-refractivity contribution is -0.118. The Bertz CT molecular complexity index is 456. The zero-order chi connectivity index (χ0) is 13.2. The van der Waals surface area contributed by atoms with Gasteiger partial charge in [0.25, 0.3) is 5.56 Å². The summed E-state index contributed by atoms with van der Waals surface area (Å²) in [7, 11) is 1.56. The smallest absolute Gasteiger partial charge is 0.269 e. The highest BCUT2D eigenvalue weighted by Gasteiger charge is 2.17. The third-order valence-corrected chi connectivity index (χ3v) is 2.70. The lowest BCUT2D eigenvalue weighted by Crippen LogP contribution is -2.40. The molecule has 1 aromatic rings. The predicted octanol–water partition coefficient (Wildman–Crippen LogP) is 0.960. The normalized spacial score (nSPS) is 12.6. The van der Waals surface area contributed by atoms with Crippen LogP contribution in [-0.2, 0) is 11.8 Å². The molecule has 1 amide bonds. The summed E-state index contributed by atoms with van der Waals surface area (Å²) < 4.78 is 1.30. The molecule has 0 saturated heterocycles. The van der Waals surface area contributed by atoms with Crippen LogP contribution in [0.15, 0.2) is 17.1 Å². The number of aryl methyl sites for hydroxylation is 1. The van der Waals surface area contributed by atoms with Crippen molar-refractivity contribution in [2.45, 2.75) is 19.9 Å². The largest absolute Gasteiger partial charge is 0.323 e.